The third-order valence-electron chi connectivity index (χ3n) is 5.65. The fourth-order valence-electron chi connectivity index (χ4n) is 3.98. The van der Waals surface area contributed by atoms with Gasteiger partial charge in [0.1, 0.15) is 0 Å². The summed E-state index contributed by atoms with van der Waals surface area (Å²) in [4.78, 5) is 25.8. The quantitative estimate of drug-likeness (QED) is 0.418. The molecule has 1 aliphatic heterocycles. The van der Waals surface area contributed by atoms with Crippen molar-refractivity contribution in [2.24, 2.45) is 0 Å². The molecule has 0 aliphatic carbocycles. The zero-order valence-electron chi connectivity index (χ0n) is 18.4. The fraction of sp³-hybridized carbons (Fsp3) is 0.391. The van der Waals surface area contributed by atoms with Crippen LogP contribution in [-0.2, 0) is 23.6 Å². The maximum atomic E-state index is 13.3. The lowest BCUT2D eigenvalue weighted by atomic mass is 9.91. The zero-order chi connectivity index (χ0) is 26.0. The Morgan fingerprint density at radius 2 is 1.57 bits per heavy atom. The van der Waals surface area contributed by atoms with Crippen LogP contribution in [-0.4, -0.2) is 35.3 Å². The van der Waals surface area contributed by atoms with E-state index in [1.165, 1.54) is 11.8 Å². The number of nitrogens with zero attached hydrogens (tertiary/aromatic N) is 1. The van der Waals surface area contributed by atoms with E-state index in [1.54, 1.807) is 24.3 Å². The molecule has 2 aromatic carbocycles. The topological polar surface area (TPSA) is 61.4 Å². The van der Waals surface area contributed by atoms with E-state index in [1.807, 2.05) is 0 Å². The summed E-state index contributed by atoms with van der Waals surface area (Å²) in [7, 11) is 0. The van der Waals surface area contributed by atoms with E-state index in [-0.39, 0.29) is 31.0 Å². The van der Waals surface area contributed by atoms with Gasteiger partial charge in [0.05, 0.1) is 11.1 Å². The highest BCUT2D eigenvalue weighted by atomic mass is 35.5. The number of benzene rings is 2. The van der Waals surface area contributed by atoms with Gasteiger partial charge in [0.2, 0.25) is 5.91 Å². The first kappa shape index (κ1) is 26.8. The van der Waals surface area contributed by atoms with E-state index in [2.05, 4.69) is 10.9 Å². The third-order valence-corrected chi connectivity index (χ3v) is 5.90. The van der Waals surface area contributed by atoms with Crippen LogP contribution in [0.4, 0.5) is 26.3 Å². The maximum absolute atomic E-state index is 13.3. The molecule has 2 N–H and O–H groups in total. The second-order valence-electron chi connectivity index (χ2n) is 8.32. The zero-order valence-corrected chi connectivity index (χ0v) is 19.2. The number of hydrogen-bond acceptors (Lipinski definition) is 3. The average Bonchev–Trinajstić information content (AvgIpc) is 2.77. The molecule has 0 spiro atoms. The van der Waals surface area contributed by atoms with E-state index < -0.39 is 41.0 Å². The smallest absolute Gasteiger partial charge is 0.335 e. The van der Waals surface area contributed by atoms with Gasteiger partial charge in [-0.3, -0.25) is 15.0 Å². The van der Waals surface area contributed by atoms with Crippen LogP contribution in [0.2, 0.25) is 5.02 Å². The Hall–Kier alpha value is -2.79. The van der Waals surface area contributed by atoms with Crippen LogP contribution < -0.4 is 10.9 Å². The Bertz CT molecular complexity index is 1040. The van der Waals surface area contributed by atoms with Crippen molar-refractivity contribution in [3.63, 3.8) is 0 Å². The number of piperidine rings is 1. The molecule has 2 amide bonds. The predicted molar refractivity (Wildman–Crippen MR) is 116 cm³/mol. The molecule has 1 fully saturated rings. The summed E-state index contributed by atoms with van der Waals surface area (Å²) in [6.07, 6.45) is -9.21. The van der Waals surface area contributed by atoms with Gasteiger partial charge in [0.25, 0.3) is 5.91 Å². The first-order chi connectivity index (χ1) is 16.2. The Kier molecular flexibility index (Phi) is 8.00. The van der Waals surface area contributed by atoms with Gasteiger partial charge < -0.3 is 4.90 Å². The van der Waals surface area contributed by atoms with Crippen LogP contribution in [0.3, 0.4) is 0 Å². The highest BCUT2D eigenvalue weighted by Gasteiger charge is 2.39. The van der Waals surface area contributed by atoms with Crippen LogP contribution in [0.1, 0.15) is 46.8 Å². The largest absolute Gasteiger partial charge is 0.416 e. The first-order valence-corrected chi connectivity index (χ1v) is 11.0. The van der Waals surface area contributed by atoms with Gasteiger partial charge in [0.15, 0.2) is 0 Å². The molecule has 1 heterocycles. The van der Waals surface area contributed by atoms with Gasteiger partial charge in [0, 0.05) is 36.1 Å². The summed E-state index contributed by atoms with van der Waals surface area (Å²) in [5.41, 5.74) is 2.30. The summed E-state index contributed by atoms with van der Waals surface area (Å²) in [6.45, 7) is 1.37. The molecule has 1 saturated heterocycles. The Morgan fingerprint density at radius 3 is 2.09 bits per heavy atom. The van der Waals surface area contributed by atoms with Gasteiger partial charge in [-0.1, -0.05) is 23.7 Å². The molecule has 190 valence electrons. The van der Waals surface area contributed by atoms with E-state index in [0.29, 0.717) is 30.0 Å². The molecule has 0 bridgehead atoms. The fourth-order valence-corrected chi connectivity index (χ4v) is 4.11. The number of amides is 2. The van der Waals surface area contributed by atoms with Crippen molar-refractivity contribution >= 4 is 23.4 Å². The minimum Gasteiger partial charge on any atom is -0.335 e. The summed E-state index contributed by atoms with van der Waals surface area (Å²) in [6, 6.07) is 6.79. The lowest BCUT2D eigenvalue weighted by Crippen LogP contribution is -2.54. The highest BCUT2D eigenvalue weighted by Crippen LogP contribution is 2.37. The molecule has 0 aromatic heterocycles. The van der Waals surface area contributed by atoms with Crippen LogP contribution in [0, 0.1) is 0 Å². The third kappa shape index (κ3) is 7.11. The van der Waals surface area contributed by atoms with Crippen molar-refractivity contribution in [2.45, 2.75) is 50.6 Å². The monoisotopic (exact) mass is 521 g/mol. The summed E-state index contributed by atoms with van der Waals surface area (Å²) < 4.78 is 79.8. The molecular formula is C23H22ClF6N3O2. The Balaban J connectivity index is 1.94. The Morgan fingerprint density at radius 1 is 1.00 bits per heavy atom. The normalized spacial score (nSPS) is 18.9. The van der Waals surface area contributed by atoms with E-state index in [9.17, 15) is 35.9 Å². The van der Waals surface area contributed by atoms with Crippen LogP contribution >= 0.6 is 11.6 Å². The van der Waals surface area contributed by atoms with E-state index in [4.69, 9.17) is 11.6 Å². The molecule has 0 saturated carbocycles. The van der Waals surface area contributed by atoms with Gasteiger partial charge in [-0.25, -0.2) is 5.43 Å². The molecule has 2 atom stereocenters. The van der Waals surface area contributed by atoms with Crippen LogP contribution in [0.25, 0.3) is 0 Å². The number of carbonyl (C=O) groups excluding carboxylic acids is 2. The van der Waals surface area contributed by atoms with Gasteiger partial charge in [-0.15, -0.1) is 0 Å². The molecule has 2 aromatic rings. The van der Waals surface area contributed by atoms with Gasteiger partial charge >= 0.3 is 12.4 Å². The van der Waals surface area contributed by atoms with Crippen molar-refractivity contribution in [2.75, 3.05) is 6.54 Å². The minimum atomic E-state index is -5.06. The molecule has 12 heteroatoms. The molecular weight excluding hydrogens is 500 g/mol. The molecule has 2 unspecified atom stereocenters. The second kappa shape index (κ2) is 10.4. The lowest BCUT2D eigenvalue weighted by Gasteiger charge is -2.40. The number of halogens is 7. The van der Waals surface area contributed by atoms with E-state index >= 15 is 0 Å². The van der Waals surface area contributed by atoms with Crippen LogP contribution in [0.15, 0.2) is 42.5 Å². The minimum absolute atomic E-state index is 0.00838. The Labute approximate surface area is 202 Å². The van der Waals surface area contributed by atoms with Crippen molar-refractivity contribution in [1.82, 2.24) is 15.8 Å². The number of nitrogens with one attached hydrogen (secondary N) is 2. The van der Waals surface area contributed by atoms with Crippen molar-refractivity contribution < 1.29 is 35.9 Å². The maximum Gasteiger partial charge on any atom is 0.416 e. The van der Waals surface area contributed by atoms with Gasteiger partial charge in [-0.05, 0) is 55.2 Å². The molecule has 3 rings (SSSR count). The molecule has 1 aliphatic rings. The van der Waals surface area contributed by atoms with Crippen molar-refractivity contribution in [1.29, 1.82) is 0 Å². The predicted octanol–water partition coefficient (Wildman–Crippen LogP) is 5.23. The number of alkyl halides is 6. The number of hydrogen-bond donors (Lipinski definition) is 2. The SMILES string of the molecule is CC(=O)NNC1CCN(C(=O)c2cc(C(F)(F)F)cc(C(F)(F)F)c2)C(Cc2ccc(Cl)cc2)C1. The second-order valence-corrected chi connectivity index (χ2v) is 8.76. The van der Waals surface area contributed by atoms with E-state index in [0.717, 1.165) is 5.56 Å². The summed E-state index contributed by atoms with van der Waals surface area (Å²) in [5.74, 6) is -1.26. The average molecular weight is 522 g/mol. The summed E-state index contributed by atoms with van der Waals surface area (Å²) in [5, 5.41) is 0.485. The van der Waals surface area contributed by atoms with Crippen molar-refractivity contribution in [3.05, 3.63) is 69.7 Å². The van der Waals surface area contributed by atoms with Crippen LogP contribution in [0.5, 0.6) is 0 Å². The molecule has 35 heavy (non-hydrogen) atoms. The van der Waals surface area contributed by atoms with Gasteiger partial charge in [-0.2, -0.15) is 26.3 Å². The highest BCUT2D eigenvalue weighted by molar-refractivity contribution is 6.30. The summed E-state index contributed by atoms with van der Waals surface area (Å²) >= 11 is 5.91. The van der Waals surface area contributed by atoms with Crippen molar-refractivity contribution in [3.8, 4) is 0 Å². The standard InChI is InChI=1S/C23H22ClF6N3O2/c1-13(34)31-32-19-6-7-33(20(12-19)8-14-2-4-18(24)5-3-14)21(35)15-9-16(22(25,26)27)11-17(10-15)23(28,29)30/h2-5,9-11,19-20,32H,6-8,12H2,1H3,(H,31,34). The number of likely N-dealkylation sites (tertiary alicyclic amines) is 1. The lowest BCUT2D eigenvalue weighted by molar-refractivity contribution is -0.143. The number of carbonyl (C=O) groups is 2. The first-order valence-electron chi connectivity index (χ1n) is 10.6. The number of rotatable bonds is 5. The number of hydrazine groups is 1. The molecule has 0 radical (unpaired) electrons. The molecule has 5 nitrogen and oxygen atoms in total.